The number of ether oxygens (including phenoxy) is 1. The molecular weight excluding hydrogens is 317 g/mol. The number of thioether (sulfide) groups is 1. The molecule has 3 nitrogen and oxygen atoms in total. The highest BCUT2D eigenvalue weighted by Crippen LogP contribution is 2.32. The molecule has 0 bridgehead atoms. The molecule has 0 saturated carbocycles. The molecule has 1 aromatic carbocycles. The lowest BCUT2D eigenvalue weighted by Gasteiger charge is -2.32. The Bertz CT molecular complexity index is 465. The van der Waals surface area contributed by atoms with Crippen molar-refractivity contribution in [1.29, 1.82) is 0 Å². The zero-order chi connectivity index (χ0) is 14.6. The molecule has 2 N–H and O–H groups in total. The zero-order valence-corrected chi connectivity index (χ0v) is 13.7. The first kappa shape index (κ1) is 16.2. The fourth-order valence-corrected chi connectivity index (χ4v) is 4.20. The van der Waals surface area contributed by atoms with Gasteiger partial charge in [-0.15, -0.1) is 0 Å². The summed E-state index contributed by atoms with van der Waals surface area (Å²) in [5.74, 6) is 2.67. The lowest BCUT2D eigenvalue weighted by atomic mass is 9.97. The van der Waals surface area contributed by atoms with E-state index in [0.717, 1.165) is 29.9 Å². The minimum atomic E-state index is -0.596. The van der Waals surface area contributed by atoms with Crippen LogP contribution < -0.4 is 10.1 Å². The largest absolute Gasteiger partial charge is 0.495 e. The van der Waals surface area contributed by atoms with E-state index in [1.54, 1.807) is 13.2 Å². The lowest BCUT2D eigenvalue weighted by Crippen LogP contribution is -2.43. The van der Waals surface area contributed by atoms with Crippen LogP contribution in [0.5, 0.6) is 5.75 Å². The van der Waals surface area contributed by atoms with E-state index in [1.165, 1.54) is 0 Å². The van der Waals surface area contributed by atoms with Crippen LogP contribution in [0.2, 0.25) is 10.0 Å². The van der Waals surface area contributed by atoms with Crippen molar-refractivity contribution < 1.29 is 9.84 Å². The van der Waals surface area contributed by atoms with Crippen molar-refractivity contribution in [2.75, 3.05) is 25.2 Å². The van der Waals surface area contributed by atoms with Gasteiger partial charge in [0.15, 0.2) is 0 Å². The maximum Gasteiger partial charge on any atom is 0.142 e. The van der Waals surface area contributed by atoms with Crippen LogP contribution in [0.3, 0.4) is 0 Å². The molecule has 0 spiro atoms. The summed E-state index contributed by atoms with van der Waals surface area (Å²) in [6.45, 7) is 1.14. The average Bonchev–Trinajstić information content (AvgIpc) is 2.39. The minimum absolute atomic E-state index is 0.504. The second kappa shape index (κ2) is 7.23. The number of aliphatic hydroxyl groups is 1. The first-order valence-electron chi connectivity index (χ1n) is 6.57. The molecule has 1 fully saturated rings. The highest BCUT2D eigenvalue weighted by molar-refractivity contribution is 7.99. The summed E-state index contributed by atoms with van der Waals surface area (Å²) >= 11 is 14.0. The molecule has 1 aliphatic rings. The maximum atomic E-state index is 10.4. The van der Waals surface area contributed by atoms with Crippen molar-refractivity contribution in [3.63, 3.8) is 0 Å². The smallest absolute Gasteiger partial charge is 0.142 e. The number of rotatable bonds is 5. The molecule has 0 radical (unpaired) electrons. The summed E-state index contributed by atoms with van der Waals surface area (Å²) in [5, 5.41) is 14.8. The van der Waals surface area contributed by atoms with Crippen LogP contribution >= 0.6 is 35.0 Å². The van der Waals surface area contributed by atoms with E-state index in [4.69, 9.17) is 27.9 Å². The molecule has 1 aromatic rings. The van der Waals surface area contributed by atoms with E-state index < -0.39 is 5.60 Å². The SMILES string of the molecule is COc1c(Cl)cc(Cl)cc1CNCC1(O)CCSCC1. The molecule has 1 aliphatic heterocycles. The van der Waals surface area contributed by atoms with Gasteiger partial charge in [-0.1, -0.05) is 23.2 Å². The molecule has 1 saturated heterocycles. The van der Waals surface area contributed by atoms with E-state index in [-0.39, 0.29) is 0 Å². The Morgan fingerprint density at radius 3 is 2.70 bits per heavy atom. The van der Waals surface area contributed by atoms with Gasteiger partial charge in [-0.25, -0.2) is 0 Å². The van der Waals surface area contributed by atoms with Gasteiger partial charge in [-0.3, -0.25) is 0 Å². The predicted octanol–water partition coefficient (Wildman–Crippen LogP) is 3.35. The van der Waals surface area contributed by atoms with Crippen molar-refractivity contribution in [2.45, 2.75) is 25.0 Å². The first-order chi connectivity index (χ1) is 9.54. The Kier molecular flexibility index (Phi) is 5.87. The second-order valence-electron chi connectivity index (χ2n) is 5.02. The highest BCUT2D eigenvalue weighted by atomic mass is 35.5. The van der Waals surface area contributed by atoms with Crippen molar-refractivity contribution in [2.24, 2.45) is 0 Å². The monoisotopic (exact) mass is 335 g/mol. The lowest BCUT2D eigenvalue weighted by molar-refractivity contribution is 0.0320. The summed E-state index contributed by atoms with van der Waals surface area (Å²) in [6.07, 6.45) is 1.66. The molecule has 1 heterocycles. The highest BCUT2D eigenvalue weighted by Gasteiger charge is 2.28. The number of benzene rings is 1. The van der Waals surface area contributed by atoms with E-state index in [1.807, 2.05) is 17.8 Å². The molecule has 0 amide bonds. The van der Waals surface area contributed by atoms with E-state index in [9.17, 15) is 5.11 Å². The second-order valence-corrected chi connectivity index (χ2v) is 7.09. The Morgan fingerprint density at radius 2 is 2.05 bits per heavy atom. The Hall–Kier alpha value is -0.130. The molecule has 0 atom stereocenters. The van der Waals surface area contributed by atoms with Gasteiger partial charge in [-0.05, 0) is 36.5 Å². The fraction of sp³-hybridized carbons (Fsp3) is 0.571. The van der Waals surface area contributed by atoms with Crippen LogP contribution in [0.4, 0.5) is 0 Å². The van der Waals surface area contributed by atoms with Crippen molar-refractivity contribution in [3.05, 3.63) is 27.7 Å². The minimum Gasteiger partial charge on any atom is -0.495 e. The summed E-state index contributed by atoms with van der Waals surface area (Å²) < 4.78 is 5.30. The maximum absolute atomic E-state index is 10.4. The molecular formula is C14H19Cl2NO2S. The van der Waals surface area contributed by atoms with E-state index in [2.05, 4.69) is 5.32 Å². The zero-order valence-electron chi connectivity index (χ0n) is 11.4. The first-order valence-corrected chi connectivity index (χ1v) is 8.48. The molecule has 0 unspecified atom stereocenters. The third kappa shape index (κ3) is 4.18. The van der Waals surface area contributed by atoms with Gasteiger partial charge >= 0.3 is 0 Å². The van der Waals surface area contributed by atoms with Gasteiger partial charge in [0, 0.05) is 23.7 Å². The average molecular weight is 336 g/mol. The molecule has 2 rings (SSSR count). The van der Waals surface area contributed by atoms with Crippen LogP contribution in [0, 0.1) is 0 Å². The molecule has 0 aromatic heterocycles. The number of nitrogens with one attached hydrogen (secondary N) is 1. The van der Waals surface area contributed by atoms with Crippen molar-refractivity contribution in [3.8, 4) is 5.75 Å². The third-order valence-electron chi connectivity index (χ3n) is 3.48. The van der Waals surface area contributed by atoms with Crippen molar-refractivity contribution >= 4 is 35.0 Å². The van der Waals surface area contributed by atoms with Crippen LogP contribution in [0.25, 0.3) is 0 Å². The molecule has 20 heavy (non-hydrogen) atoms. The quantitative estimate of drug-likeness (QED) is 0.865. The summed E-state index contributed by atoms with van der Waals surface area (Å²) in [4.78, 5) is 0. The Balaban J connectivity index is 1.97. The van der Waals surface area contributed by atoms with Crippen LogP contribution in [-0.4, -0.2) is 35.9 Å². The van der Waals surface area contributed by atoms with E-state index in [0.29, 0.717) is 28.9 Å². The van der Waals surface area contributed by atoms with Gasteiger partial charge in [0.05, 0.1) is 17.7 Å². The molecule has 6 heteroatoms. The molecule has 0 aliphatic carbocycles. The number of halogens is 2. The number of methoxy groups -OCH3 is 1. The molecule has 112 valence electrons. The van der Waals surface area contributed by atoms with Crippen LogP contribution in [-0.2, 0) is 6.54 Å². The van der Waals surface area contributed by atoms with Crippen LogP contribution in [0.1, 0.15) is 18.4 Å². The van der Waals surface area contributed by atoms with Crippen molar-refractivity contribution in [1.82, 2.24) is 5.32 Å². The van der Waals surface area contributed by atoms with Gasteiger partial charge in [0.1, 0.15) is 5.75 Å². The number of hydrogen-bond acceptors (Lipinski definition) is 4. The normalized spacial score (nSPS) is 18.0. The standard InChI is InChI=1S/C14H19Cl2NO2S/c1-19-13-10(6-11(15)7-12(13)16)8-17-9-14(18)2-4-20-5-3-14/h6-7,17-18H,2-5,8-9H2,1H3. The topological polar surface area (TPSA) is 41.5 Å². The van der Waals surface area contributed by atoms with Gasteiger partial charge < -0.3 is 15.2 Å². The predicted molar refractivity (Wildman–Crippen MR) is 86.2 cm³/mol. The van der Waals surface area contributed by atoms with Gasteiger partial charge in [0.2, 0.25) is 0 Å². The van der Waals surface area contributed by atoms with E-state index >= 15 is 0 Å². The summed E-state index contributed by atoms with van der Waals surface area (Å²) in [6, 6.07) is 3.50. The summed E-state index contributed by atoms with van der Waals surface area (Å²) in [5.41, 5.74) is 0.305. The van der Waals surface area contributed by atoms with Gasteiger partial charge in [0.25, 0.3) is 0 Å². The number of hydrogen-bond donors (Lipinski definition) is 2. The fourth-order valence-electron chi connectivity index (χ4n) is 2.33. The Labute approximate surface area is 134 Å². The van der Waals surface area contributed by atoms with Gasteiger partial charge in [-0.2, -0.15) is 11.8 Å². The third-order valence-corrected chi connectivity index (χ3v) is 4.97. The van der Waals surface area contributed by atoms with Crippen LogP contribution in [0.15, 0.2) is 12.1 Å². The summed E-state index contributed by atoms with van der Waals surface area (Å²) in [7, 11) is 1.59. The Morgan fingerprint density at radius 1 is 1.35 bits per heavy atom.